The van der Waals surface area contributed by atoms with Crippen molar-refractivity contribution in [3.8, 4) is 10.7 Å². The molecule has 6 nitrogen and oxygen atoms in total. The van der Waals surface area contributed by atoms with Crippen LogP contribution in [0.15, 0.2) is 52.5 Å². The van der Waals surface area contributed by atoms with Gasteiger partial charge in [0.05, 0.1) is 4.88 Å². The Balaban J connectivity index is 1.23. The van der Waals surface area contributed by atoms with E-state index in [0.29, 0.717) is 36.1 Å². The topological polar surface area (TPSA) is 80.9 Å². The number of benzene rings is 1. The van der Waals surface area contributed by atoms with Gasteiger partial charge in [-0.3, -0.25) is 4.79 Å². The molecule has 0 aliphatic heterocycles. The normalized spacial score (nSPS) is 10.9. The van der Waals surface area contributed by atoms with E-state index in [1.54, 1.807) is 11.3 Å². The molecule has 0 bridgehead atoms. The lowest BCUT2D eigenvalue weighted by Crippen LogP contribution is -2.11. The number of hydrogen-bond donors (Lipinski definition) is 1. The van der Waals surface area contributed by atoms with Crippen LogP contribution in [-0.4, -0.2) is 21.0 Å². The van der Waals surface area contributed by atoms with Crippen LogP contribution < -0.4 is 5.32 Å². The number of aryl methyl sites for hydroxylation is 2. The number of hydrogen-bond acceptors (Lipinski definition) is 7. The molecule has 0 aliphatic carbocycles. The van der Waals surface area contributed by atoms with Gasteiger partial charge in [0.15, 0.2) is 5.13 Å². The molecule has 0 radical (unpaired) electrons. The Bertz CT molecular complexity index is 1090. The average molecular weight is 425 g/mol. The summed E-state index contributed by atoms with van der Waals surface area (Å²) in [7, 11) is 0. The van der Waals surface area contributed by atoms with E-state index in [2.05, 4.69) is 51.6 Å². The molecule has 29 heavy (non-hydrogen) atoms. The minimum absolute atomic E-state index is 0.0561. The highest BCUT2D eigenvalue weighted by Crippen LogP contribution is 2.23. The zero-order valence-electron chi connectivity index (χ0n) is 15.9. The average Bonchev–Trinajstić information content (AvgIpc) is 3.43. The van der Waals surface area contributed by atoms with Crippen molar-refractivity contribution in [1.29, 1.82) is 0 Å². The number of anilines is 1. The Labute approximate surface area is 176 Å². The van der Waals surface area contributed by atoms with Crippen molar-refractivity contribution in [2.24, 2.45) is 0 Å². The van der Waals surface area contributed by atoms with Crippen molar-refractivity contribution in [1.82, 2.24) is 15.1 Å². The van der Waals surface area contributed by atoms with Gasteiger partial charge in [-0.25, -0.2) is 4.98 Å². The van der Waals surface area contributed by atoms with Crippen LogP contribution in [-0.2, 0) is 17.6 Å². The molecule has 1 aromatic carbocycles. The molecule has 0 fully saturated rings. The van der Waals surface area contributed by atoms with Crippen LogP contribution in [0.1, 0.15) is 34.7 Å². The lowest BCUT2D eigenvalue weighted by molar-refractivity contribution is -0.116. The van der Waals surface area contributed by atoms with Gasteiger partial charge in [-0.05, 0) is 30.4 Å². The van der Waals surface area contributed by atoms with Gasteiger partial charge in [-0.15, -0.1) is 22.7 Å². The molecular weight excluding hydrogens is 404 g/mol. The predicted octanol–water partition coefficient (Wildman–Crippen LogP) is 5.12. The third-order valence-electron chi connectivity index (χ3n) is 4.26. The molecule has 1 amide bonds. The third kappa shape index (κ3) is 5.36. The standard InChI is InChI=1S/C21H20N4O2S2/c1-14-5-2-6-15(11-14)12-16-13-22-21(29-16)23-18(26)8-3-9-19-24-20(25-27-19)17-7-4-10-28-17/h2,4-7,10-11,13H,3,8-9,12H2,1H3,(H,22,23,26). The van der Waals surface area contributed by atoms with Crippen molar-refractivity contribution < 1.29 is 9.32 Å². The zero-order valence-corrected chi connectivity index (χ0v) is 17.6. The summed E-state index contributed by atoms with van der Waals surface area (Å²) in [5.74, 6) is 1.10. The quantitative estimate of drug-likeness (QED) is 0.425. The number of nitrogens with one attached hydrogen (secondary N) is 1. The molecule has 4 rings (SSSR count). The zero-order chi connectivity index (χ0) is 20.1. The van der Waals surface area contributed by atoms with Crippen LogP contribution in [0, 0.1) is 6.92 Å². The van der Waals surface area contributed by atoms with Crippen molar-refractivity contribution in [2.45, 2.75) is 32.6 Å². The van der Waals surface area contributed by atoms with E-state index in [-0.39, 0.29) is 5.91 Å². The summed E-state index contributed by atoms with van der Waals surface area (Å²) in [5.41, 5.74) is 2.48. The Kier molecular flexibility index (Phi) is 6.12. The summed E-state index contributed by atoms with van der Waals surface area (Å²) in [6.07, 6.45) is 4.23. The fourth-order valence-corrected chi connectivity index (χ4v) is 4.43. The molecule has 8 heteroatoms. The first-order valence-corrected chi connectivity index (χ1v) is 11.0. The number of thiazole rings is 1. The molecule has 3 heterocycles. The summed E-state index contributed by atoms with van der Waals surface area (Å²) >= 11 is 3.08. The van der Waals surface area contributed by atoms with Crippen molar-refractivity contribution in [3.63, 3.8) is 0 Å². The monoisotopic (exact) mass is 424 g/mol. The van der Waals surface area contributed by atoms with Crippen molar-refractivity contribution >= 4 is 33.7 Å². The van der Waals surface area contributed by atoms with E-state index in [0.717, 1.165) is 16.2 Å². The highest BCUT2D eigenvalue weighted by molar-refractivity contribution is 7.15. The van der Waals surface area contributed by atoms with Crippen LogP contribution in [0.25, 0.3) is 10.7 Å². The second-order valence-electron chi connectivity index (χ2n) is 6.69. The summed E-state index contributed by atoms with van der Waals surface area (Å²) in [6, 6.07) is 12.3. The smallest absolute Gasteiger partial charge is 0.226 e. The maximum atomic E-state index is 12.2. The molecule has 0 atom stereocenters. The fourth-order valence-electron chi connectivity index (χ4n) is 2.91. The molecule has 0 saturated carbocycles. The van der Waals surface area contributed by atoms with Gasteiger partial charge in [0.25, 0.3) is 0 Å². The molecule has 4 aromatic rings. The highest BCUT2D eigenvalue weighted by atomic mass is 32.1. The van der Waals surface area contributed by atoms with E-state index in [4.69, 9.17) is 4.52 Å². The number of nitrogens with zero attached hydrogens (tertiary/aromatic N) is 3. The lowest BCUT2D eigenvalue weighted by atomic mass is 10.1. The molecular formula is C21H20N4O2S2. The number of carbonyl (C=O) groups is 1. The fraction of sp³-hybridized carbons (Fsp3) is 0.238. The van der Waals surface area contributed by atoms with Crippen LogP contribution in [0.4, 0.5) is 5.13 Å². The molecule has 0 saturated heterocycles. The Hall–Kier alpha value is -2.84. The maximum absolute atomic E-state index is 12.2. The van der Waals surface area contributed by atoms with Gasteiger partial charge in [-0.1, -0.05) is 41.1 Å². The number of rotatable bonds is 8. The number of aromatic nitrogens is 3. The van der Waals surface area contributed by atoms with Gasteiger partial charge >= 0.3 is 0 Å². The van der Waals surface area contributed by atoms with Gasteiger partial charge in [0, 0.05) is 30.3 Å². The second kappa shape index (κ2) is 9.11. The first kappa shape index (κ1) is 19.5. The summed E-state index contributed by atoms with van der Waals surface area (Å²) in [4.78, 5) is 23.0. The third-order valence-corrected chi connectivity index (χ3v) is 6.04. The lowest BCUT2D eigenvalue weighted by Gasteiger charge is -2.01. The van der Waals surface area contributed by atoms with E-state index in [9.17, 15) is 4.79 Å². The highest BCUT2D eigenvalue weighted by Gasteiger charge is 2.11. The Morgan fingerprint density at radius 3 is 3.00 bits per heavy atom. The molecule has 1 N–H and O–H groups in total. The summed E-state index contributed by atoms with van der Waals surface area (Å²) in [5, 5.41) is 9.47. The Morgan fingerprint density at radius 1 is 1.24 bits per heavy atom. The van der Waals surface area contributed by atoms with Crippen LogP contribution >= 0.6 is 22.7 Å². The first-order valence-electron chi connectivity index (χ1n) is 9.32. The minimum Gasteiger partial charge on any atom is -0.339 e. The van der Waals surface area contributed by atoms with Gasteiger partial charge < -0.3 is 9.84 Å². The van der Waals surface area contributed by atoms with E-state index >= 15 is 0 Å². The largest absolute Gasteiger partial charge is 0.339 e. The number of amides is 1. The summed E-state index contributed by atoms with van der Waals surface area (Å²) in [6.45, 7) is 2.08. The van der Waals surface area contributed by atoms with E-state index in [1.165, 1.54) is 22.5 Å². The summed E-state index contributed by atoms with van der Waals surface area (Å²) < 4.78 is 5.26. The van der Waals surface area contributed by atoms with Crippen molar-refractivity contribution in [2.75, 3.05) is 5.32 Å². The maximum Gasteiger partial charge on any atom is 0.226 e. The SMILES string of the molecule is Cc1cccc(Cc2cnc(NC(=O)CCCc3nc(-c4cccs4)no3)s2)c1. The van der Waals surface area contributed by atoms with Crippen LogP contribution in [0.5, 0.6) is 0 Å². The van der Waals surface area contributed by atoms with Gasteiger partial charge in [-0.2, -0.15) is 4.98 Å². The molecule has 0 unspecified atom stereocenters. The molecule has 3 aromatic heterocycles. The molecule has 148 valence electrons. The van der Waals surface area contributed by atoms with Crippen molar-refractivity contribution in [3.05, 3.63) is 69.9 Å². The molecule has 0 aliphatic rings. The predicted molar refractivity (Wildman–Crippen MR) is 115 cm³/mol. The Morgan fingerprint density at radius 2 is 2.17 bits per heavy atom. The van der Waals surface area contributed by atoms with E-state index in [1.807, 2.05) is 23.7 Å². The number of thiophene rings is 1. The molecule has 0 spiro atoms. The van der Waals surface area contributed by atoms with Crippen LogP contribution in [0.3, 0.4) is 0 Å². The first-order chi connectivity index (χ1) is 14.2. The second-order valence-corrected chi connectivity index (χ2v) is 8.75. The van der Waals surface area contributed by atoms with Gasteiger partial charge in [0.1, 0.15) is 0 Å². The van der Waals surface area contributed by atoms with Gasteiger partial charge in [0.2, 0.25) is 17.6 Å². The number of carbonyl (C=O) groups excluding carboxylic acids is 1. The van der Waals surface area contributed by atoms with E-state index < -0.39 is 0 Å². The minimum atomic E-state index is -0.0561. The van der Waals surface area contributed by atoms with Crippen LogP contribution in [0.2, 0.25) is 0 Å².